The van der Waals surface area contributed by atoms with Gasteiger partial charge in [-0.05, 0) is 23.8 Å². The lowest BCUT2D eigenvalue weighted by molar-refractivity contribution is -0.384. The van der Waals surface area contributed by atoms with Crippen molar-refractivity contribution in [3.63, 3.8) is 0 Å². The van der Waals surface area contributed by atoms with Crippen molar-refractivity contribution in [1.82, 2.24) is 4.31 Å². The monoisotopic (exact) mass is 374 g/mol. The summed E-state index contributed by atoms with van der Waals surface area (Å²) in [6, 6.07) is 10.2. The second kappa shape index (κ2) is 6.84. The van der Waals surface area contributed by atoms with Crippen LogP contribution >= 0.6 is 23.2 Å². The van der Waals surface area contributed by atoms with Crippen LogP contribution in [0.15, 0.2) is 47.4 Å². The summed E-state index contributed by atoms with van der Waals surface area (Å²) >= 11 is 11.7. The van der Waals surface area contributed by atoms with Gasteiger partial charge in [-0.15, -0.1) is 0 Å². The Morgan fingerprint density at radius 2 is 1.78 bits per heavy atom. The van der Waals surface area contributed by atoms with Crippen molar-refractivity contribution in [3.05, 3.63) is 68.2 Å². The molecule has 0 unspecified atom stereocenters. The summed E-state index contributed by atoms with van der Waals surface area (Å²) in [4.78, 5) is 9.97. The lowest BCUT2D eigenvalue weighted by Crippen LogP contribution is -2.26. The minimum atomic E-state index is -3.92. The van der Waals surface area contributed by atoms with Crippen LogP contribution in [0.1, 0.15) is 5.56 Å². The Morgan fingerprint density at radius 1 is 1.13 bits per heavy atom. The molecule has 0 N–H and O–H groups in total. The molecule has 0 aliphatic carbocycles. The van der Waals surface area contributed by atoms with Crippen molar-refractivity contribution in [2.24, 2.45) is 0 Å². The van der Waals surface area contributed by atoms with Gasteiger partial charge in [0.2, 0.25) is 10.0 Å². The molecule has 2 rings (SSSR count). The van der Waals surface area contributed by atoms with E-state index in [1.54, 1.807) is 24.3 Å². The first kappa shape index (κ1) is 17.7. The van der Waals surface area contributed by atoms with Crippen molar-refractivity contribution >= 4 is 38.9 Å². The van der Waals surface area contributed by atoms with Crippen molar-refractivity contribution in [1.29, 1.82) is 0 Å². The number of hydrogen-bond donors (Lipinski definition) is 0. The van der Waals surface area contributed by atoms with Crippen LogP contribution in [0.2, 0.25) is 10.0 Å². The summed E-state index contributed by atoms with van der Waals surface area (Å²) in [6.07, 6.45) is 0. The third-order valence-corrected chi connectivity index (χ3v) is 5.66. The molecule has 0 saturated carbocycles. The molecule has 2 aromatic rings. The molecular formula is C14H12Cl2N2O4S. The summed E-state index contributed by atoms with van der Waals surface area (Å²) in [5.41, 5.74) is 0.169. The van der Waals surface area contributed by atoms with E-state index in [1.165, 1.54) is 19.2 Å². The molecule has 0 amide bonds. The summed E-state index contributed by atoms with van der Waals surface area (Å²) in [6.45, 7) is 0.0401. The van der Waals surface area contributed by atoms with Crippen LogP contribution in [0.5, 0.6) is 0 Å². The Kier molecular flexibility index (Phi) is 5.26. The maximum absolute atomic E-state index is 12.6. The van der Waals surface area contributed by atoms with Crippen molar-refractivity contribution in [2.45, 2.75) is 11.4 Å². The van der Waals surface area contributed by atoms with Crippen molar-refractivity contribution in [2.75, 3.05) is 7.05 Å². The molecule has 23 heavy (non-hydrogen) atoms. The topological polar surface area (TPSA) is 80.5 Å². The maximum atomic E-state index is 12.6. The van der Waals surface area contributed by atoms with E-state index in [9.17, 15) is 18.5 Å². The Balaban J connectivity index is 2.36. The number of halogens is 2. The number of hydrogen-bond acceptors (Lipinski definition) is 4. The van der Waals surface area contributed by atoms with Gasteiger partial charge in [-0.2, -0.15) is 4.31 Å². The zero-order chi connectivity index (χ0) is 17.2. The van der Waals surface area contributed by atoms with Gasteiger partial charge < -0.3 is 0 Å². The molecule has 0 fully saturated rings. The molecule has 0 aliphatic rings. The Labute approximate surface area is 143 Å². The van der Waals surface area contributed by atoms with Crippen LogP contribution < -0.4 is 0 Å². The minimum absolute atomic E-state index is 0.0401. The van der Waals surface area contributed by atoms with Gasteiger partial charge in [-0.3, -0.25) is 10.1 Å². The van der Waals surface area contributed by atoms with Crippen LogP contribution in [0.3, 0.4) is 0 Å². The second-order valence-corrected chi connectivity index (χ2v) is 7.58. The normalized spacial score (nSPS) is 11.7. The third kappa shape index (κ3) is 3.81. The molecule has 122 valence electrons. The highest BCUT2D eigenvalue weighted by atomic mass is 35.5. The number of benzene rings is 2. The Hall–Kier alpha value is -1.67. The van der Waals surface area contributed by atoms with Crippen LogP contribution in [0, 0.1) is 10.1 Å². The first-order valence-electron chi connectivity index (χ1n) is 6.37. The molecule has 0 atom stereocenters. The van der Waals surface area contributed by atoms with Crippen LogP contribution in [0.4, 0.5) is 5.69 Å². The standard InChI is InChI=1S/C14H12Cl2N2O4S/c1-17(9-10-4-2-3-5-12(10)15)23(21,22)11-6-7-13(16)14(8-11)18(19)20/h2-8H,9H2,1H3. The maximum Gasteiger partial charge on any atom is 0.289 e. The highest BCUT2D eigenvalue weighted by molar-refractivity contribution is 7.89. The van der Waals surface area contributed by atoms with E-state index in [0.29, 0.717) is 10.6 Å². The number of nitrogens with zero attached hydrogens (tertiary/aromatic N) is 2. The average Bonchev–Trinajstić information content (AvgIpc) is 2.49. The van der Waals surface area contributed by atoms with E-state index in [4.69, 9.17) is 23.2 Å². The molecule has 0 bridgehead atoms. The highest BCUT2D eigenvalue weighted by Crippen LogP contribution is 2.29. The Bertz CT molecular complexity index is 856. The zero-order valence-electron chi connectivity index (χ0n) is 11.9. The first-order chi connectivity index (χ1) is 10.7. The first-order valence-corrected chi connectivity index (χ1v) is 8.57. The second-order valence-electron chi connectivity index (χ2n) is 4.72. The molecule has 9 heteroatoms. The summed E-state index contributed by atoms with van der Waals surface area (Å²) < 4.78 is 26.2. The quantitative estimate of drug-likeness (QED) is 0.589. The van der Waals surface area contributed by atoms with E-state index in [-0.39, 0.29) is 16.5 Å². The third-order valence-electron chi connectivity index (χ3n) is 3.17. The fraction of sp³-hybridized carbons (Fsp3) is 0.143. The van der Waals surface area contributed by atoms with E-state index in [1.807, 2.05) is 0 Å². The average molecular weight is 375 g/mol. The molecule has 0 heterocycles. The van der Waals surface area contributed by atoms with Crippen molar-refractivity contribution in [3.8, 4) is 0 Å². The predicted molar refractivity (Wildman–Crippen MR) is 88.2 cm³/mol. The smallest absolute Gasteiger partial charge is 0.258 e. The lowest BCUT2D eigenvalue weighted by Gasteiger charge is -2.18. The number of rotatable bonds is 5. The van der Waals surface area contributed by atoms with E-state index in [2.05, 4.69) is 0 Å². The molecule has 0 radical (unpaired) electrons. The molecule has 0 spiro atoms. The van der Waals surface area contributed by atoms with E-state index in [0.717, 1.165) is 10.4 Å². The van der Waals surface area contributed by atoms with Gasteiger partial charge in [0.15, 0.2) is 0 Å². The fourth-order valence-corrected chi connectivity index (χ4v) is 3.48. The van der Waals surface area contributed by atoms with Gasteiger partial charge in [0.25, 0.3) is 5.69 Å². The summed E-state index contributed by atoms with van der Waals surface area (Å²) in [5, 5.41) is 11.2. The molecule has 6 nitrogen and oxygen atoms in total. The molecular weight excluding hydrogens is 363 g/mol. The lowest BCUT2D eigenvalue weighted by atomic mass is 10.2. The van der Waals surface area contributed by atoms with Gasteiger partial charge >= 0.3 is 0 Å². The van der Waals surface area contributed by atoms with Gasteiger partial charge in [0.1, 0.15) is 5.02 Å². The van der Waals surface area contributed by atoms with E-state index < -0.39 is 20.6 Å². The number of nitro groups is 1. The summed E-state index contributed by atoms with van der Waals surface area (Å²) in [5.74, 6) is 0. The van der Waals surface area contributed by atoms with Crippen molar-refractivity contribution < 1.29 is 13.3 Å². The number of nitro benzene ring substituents is 1. The van der Waals surface area contributed by atoms with Crippen LogP contribution in [0.25, 0.3) is 0 Å². The molecule has 0 aliphatic heterocycles. The largest absolute Gasteiger partial charge is 0.289 e. The van der Waals surface area contributed by atoms with Gasteiger partial charge in [0, 0.05) is 24.7 Å². The molecule has 2 aromatic carbocycles. The van der Waals surface area contributed by atoms with E-state index >= 15 is 0 Å². The summed E-state index contributed by atoms with van der Waals surface area (Å²) in [7, 11) is -2.54. The SMILES string of the molecule is CN(Cc1ccccc1Cl)S(=O)(=O)c1ccc(Cl)c([N+](=O)[O-])c1. The molecule has 0 saturated heterocycles. The zero-order valence-corrected chi connectivity index (χ0v) is 14.3. The van der Waals surface area contributed by atoms with Crippen LogP contribution in [-0.2, 0) is 16.6 Å². The fourth-order valence-electron chi connectivity index (χ4n) is 1.92. The number of sulfonamides is 1. The van der Waals surface area contributed by atoms with Gasteiger partial charge in [-0.25, -0.2) is 8.42 Å². The minimum Gasteiger partial charge on any atom is -0.258 e. The Morgan fingerprint density at radius 3 is 2.39 bits per heavy atom. The van der Waals surface area contributed by atoms with Gasteiger partial charge in [-0.1, -0.05) is 41.4 Å². The van der Waals surface area contributed by atoms with Crippen LogP contribution in [-0.4, -0.2) is 24.7 Å². The van der Waals surface area contributed by atoms with Gasteiger partial charge in [0.05, 0.1) is 9.82 Å². The molecule has 0 aromatic heterocycles. The predicted octanol–water partition coefficient (Wildman–Crippen LogP) is 3.72. The highest BCUT2D eigenvalue weighted by Gasteiger charge is 2.25.